The Bertz CT molecular complexity index is 1980. The molecule has 17 nitrogen and oxygen atoms in total. The highest BCUT2D eigenvalue weighted by atomic mass is 31.2. The predicted octanol–water partition coefficient (Wildman–Crippen LogP) is 22.5. The maximum absolute atomic E-state index is 13.1. The lowest BCUT2D eigenvalue weighted by molar-refractivity contribution is -0.161. The van der Waals surface area contributed by atoms with Crippen molar-refractivity contribution in [2.45, 2.75) is 394 Å². The number of hydrogen-bond donors (Lipinski definition) is 3. The second kappa shape index (κ2) is 68.0. The summed E-state index contributed by atoms with van der Waals surface area (Å²) in [7, 11) is -9.92. The van der Waals surface area contributed by atoms with Crippen LogP contribution in [0.25, 0.3) is 0 Å². The molecule has 0 heterocycles. The first-order valence-corrected chi connectivity index (χ1v) is 42.7. The van der Waals surface area contributed by atoms with Gasteiger partial charge in [0.05, 0.1) is 26.4 Å². The molecule has 0 bridgehead atoms. The zero-order chi connectivity index (χ0) is 71.6. The van der Waals surface area contributed by atoms with Gasteiger partial charge in [0.2, 0.25) is 0 Å². The van der Waals surface area contributed by atoms with E-state index in [0.29, 0.717) is 37.5 Å². The van der Waals surface area contributed by atoms with Crippen molar-refractivity contribution in [2.24, 2.45) is 17.8 Å². The van der Waals surface area contributed by atoms with E-state index >= 15 is 0 Å². The van der Waals surface area contributed by atoms with E-state index in [1.165, 1.54) is 167 Å². The second-order valence-electron chi connectivity index (χ2n) is 28.6. The van der Waals surface area contributed by atoms with Gasteiger partial charge in [-0.2, -0.15) is 0 Å². The van der Waals surface area contributed by atoms with Gasteiger partial charge in [0, 0.05) is 25.7 Å². The molecule has 0 spiro atoms. The first-order valence-electron chi connectivity index (χ1n) is 39.7. The highest BCUT2D eigenvalue weighted by Gasteiger charge is 2.30. The molecule has 0 aromatic heterocycles. The summed E-state index contributed by atoms with van der Waals surface area (Å²) in [5, 5.41) is 10.6. The summed E-state index contributed by atoms with van der Waals surface area (Å²) in [6, 6.07) is 0. The monoisotopic (exact) mass is 1420 g/mol. The third-order valence-corrected chi connectivity index (χ3v) is 19.8. The number of carbonyl (C=O) groups is 4. The number of aliphatic hydroxyl groups excluding tert-OH is 1. The van der Waals surface area contributed by atoms with E-state index < -0.39 is 97.5 Å². The molecule has 3 unspecified atom stereocenters. The molecule has 0 saturated heterocycles. The lowest BCUT2D eigenvalue weighted by Crippen LogP contribution is -2.30. The maximum Gasteiger partial charge on any atom is 0.472 e. The molecule has 572 valence electrons. The van der Waals surface area contributed by atoms with Crippen molar-refractivity contribution in [3.63, 3.8) is 0 Å². The number of carbonyl (C=O) groups excluding carboxylic acids is 4. The fraction of sp³-hybridized carbons (Fsp3) is 0.897. The fourth-order valence-electron chi connectivity index (χ4n) is 11.4. The van der Waals surface area contributed by atoms with Crippen molar-refractivity contribution in [1.29, 1.82) is 0 Å². The van der Waals surface area contributed by atoms with Crippen molar-refractivity contribution in [1.82, 2.24) is 0 Å². The molecule has 0 rings (SSSR count). The molecule has 3 N–H and O–H groups in total. The van der Waals surface area contributed by atoms with Gasteiger partial charge in [-0.3, -0.25) is 37.3 Å². The van der Waals surface area contributed by atoms with Crippen molar-refractivity contribution in [3.05, 3.63) is 24.3 Å². The maximum atomic E-state index is 13.1. The minimum absolute atomic E-state index is 0.0850. The number of phosphoric ester groups is 2. The topological polar surface area (TPSA) is 237 Å². The van der Waals surface area contributed by atoms with Crippen molar-refractivity contribution in [3.8, 4) is 0 Å². The summed E-state index contributed by atoms with van der Waals surface area (Å²) < 4.78 is 68.4. The van der Waals surface area contributed by atoms with Crippen LogP contribution in [0.5, 0.6) is 0 Å². The summed E-state index contributed by atoms with van der Waals surface area (Å²) in [4.78, 5) is 72.7. The van der Waals surface area contributed by atoms with Crippen LogP contribution >= 0.6 is 15.6 Å². The van der Waals surface area contributed by atoms with E-state index in [-0.39, 0.29) is 25.7 Å². The Kier molecular flexibility index (Phi) is 66.3. The van der Waals surface area contributed by atoms with Crippen molar-refractivity contribution < 1.29 is 80.2 Å². The molecule has 6 atom stereocenters. The molecule has 0 aliphatic heterocycles. The third-order valence-electron chi connectivity index (χ3n) is 17.9. The lowest BCUT2D eigenvalue weighted by atomic mass is 9.99. The summed E-state index contributed by atoms with van der Waals surface area (Å²) in [6.07, 6.45) is 58.0. The van der Waals surface area contributed by atoms with Gasteiger partial charge in [0.25, 0.3) is 0 Å². The SMILES string of the molecule is CCCCCC/C=C\C=C/CCCCCCCC(=O)O[C@H](COC(=O)CCCCCCCCCCCCCCCCCCCCC(C)CC)COP(=O)(O)OC[C@@H](O)COP(=O)(O)OC[C@@H](COC(=O)CCCCCCCCC(C)C)OC(=O)CCCCCCCCCCC(C)C. The van der Waals surface area contributed by atoms with E-state index in [0.717, 1.165) is 115 Å². The average molecular weight is 1420 g/mol. The van der Waals surface area contributed by atoms with Crippen LogP contribution in [0.15, 0.2) is 24.3 Å². The molecule has 97 heavy (non-hydrogen) atoms. The van der Waals surface area contributed by atoms with Crippen LogP contribution in [0.4, 0.5) is 0 Å². The standard InChI is InChI=1S/C78H148O17P2/c1-8-10-11-12-13-14-15-16-21-26-29-32-38-47-54-61-77(82)94-73(65-88-75(80)59-52-45-37-31-28-25-23-20-18-17-19-22-24-27-30-36-44-51-58-71(7)9-2)67-92-96(84,85)90-63-72(79)64-91-97(86,87)93-68-74(66-89-76(81)60-53-46-41-40-43-50-57-70(5)6)95-78(83)62-55-48-39-34-33-35-42-49-56-69(3)4/h14-16,21,69-74,79H,8-13,17-20,22-68H2,1-7H3,(H,84,85)(H,86,87)/b15-14-,21-16-/t71?,72-,73-,74-/m1/s1. The number of rotatable bonds is 74. The second-order valence-corrected chi connectivity index (χ2v) is 31.5. The van der Waals surface area contributed by atoms with E-state index in [1.54, 1.807) is 0 Å². The van der Waals surface area contributed by atoms with E-state index in [1.807, 2.05) is 0 Å². The van der Waals surface area contributed by atoms with E-state index in [9.17, 15) is 43.2 Å². The zero-order valence-electron chi connectivity index (χ0n) is 63.0. The highest BCUT2D eigenvalue weighted by molar-refractivity contribution is 7.47. The molecule has 19 heteroatoms. The number of unbranched alkanes of at least 4 members (excludes halogenated alkanes) is 38. The average Bonchev–Trinajstić information content (AvgIpc) is 1.36. The summed E-state index contributed by atoms with van der Waals surface area (Å²) in [5.74, 6) is 0.115. The van der Waals surface area contributed by atoms with Gasteiger partial charge in [0.1, 0.15) is 19.3 Å². The molecular weight excluding hydrogens is 1270 g/mol. The van der Waals surface area contributed by atoms with Gasteiger partial charge in [-0.25, -0.2) is 9.13 Å². The highest BCUT2D eigenvalue weighted by Crippen LogP contribution is 2.45. The molecule has 0 aromatic rings. The minimum atomic E-state index is -4.97. The van der Waals surface area contributed by atoms with Crippen LogP contribution in [0.3, 0.4) is 0 Å². The smallest absolute Gasteiger partial charge is 0.462 e. The molecular formula is C78H148O17P2. The summed E-state index contributed by atoms with van der Waals surface area (Å²) in [6.45, 7) is 11.8. The van der Waals surface area contributed by atoms with Gasteiger partial charge < -0.3 is 33.8 Å². The number of esters is 4. The van der Waals surface area contributed by atoms with Crippen LogP contribution in [-0.2, 0) is 65.4 Å². The molecule has 0 aliphatic rings. The Morgan fingerprint density at radius 1 is 0.340 bits per heavy atom. The van der Waals surface area contributed by atoms with Crippen LogP contribution < -0.4 is 0 Å². The third kappa shape index (κ3) is 70.4. The minimum Gasteiger partial charge on any atom is -0.462 e. The van der Waals surface area contributed by atoms with Crippen molar-refractivity contribution in [2.75, 3.05) is 39.6 Å². The number of hydrogen-bond acceptors (Lipinski definition) is 15. The van der Waals surface area contributed by atoms with Crippen LogP contribution in [-0.4, -0.2) is 96.7 Å². The molecule has 0 aliphatic carbocycles. The summed E-state index contributed by atoms with van der Waals surface area (Å²) in [5.41, 5.74) is 0. The number of aliphatic hydroxyl groups is 1. The van der Waals surface area contributed by atoms with E-state index in [2.05, 4.69) is 72.8 Å². The van der Waals surface area contributed by atoms with Crippen LogP contribution in [0.2, 0.25) is 0 Å². The van der Waals surface area contributed by atoms with Gasteiger partial charge in [-0.1, -0.05) is 323 Å². The van der Waals surface area contributed by atoms with Gasteiger partial charge in [0.15, 0.2) is 12.2 Å². The van der Waals surface area contributed by atoms with Gasteiger partial charge in [-0.05, 0) is 69.1 Å². The van der Waals surface area contributed by atoms with Gasteiger partial charge >= 0.3 is 39.5 Å². The fourth-order valence-corrected chi connectivity index (χ4v) is 13.0. The Balaban J connectivity index is 5.20. The first-order chi connectivity index (χ1) is 46.8. The predicted molar refractivity (Wildman–Crippen MR) is 395 cm³/mol. The summed E-state index contributed by atoms with van der Waals surface area (Å²) >= 11 is 0. The Hall–Kier alpha value is -2.46. The molecule has 0 aromatic carbocycles. The molecule has 0 radical (unpaired) electrons. The Morgan fingerprint density at radius 3 is 0.918 bits per heavy atom. The number of phosphoric acid groups is 2. The number of allylic oxidation sites excluding steroid dienone is 4. The van der Waals surface area contributed by atoms with Crippen molar-refractivity contribution >= 4 is 39.5 Å². The largest absolute Gasteiger partial charge is 0.472 e. The Labute approximate surface area is 592 Å². The van der Waals surface area contributed by atoms with E-state index in [4.69, 9.17) is 37.0 Å². The normalized spacial score (nSPS) is 14.5. The Morgan fingerprint density at radius 2 is 0.608 bits per heavy atom. The quantitative estimate of drug-likeness (QED) is 0.0169. The lowest BCUT2D eigenvalue weighted by Gasteiger charge is -2.21. The molecule has 0 saturated carbocycles. The number of ether oxygens (including phenoxy) is 4. The van der Waals surface area contributed by atoms with Crippen LogP contribution in [0.1, 0.15) is 376 Å². The molecule has 0 amide bonds. The van der Waals surface area contributed by atoms with Gasteiger partial charge in [-0.15, -0.1) is 0 Å². The first kappa shape index (κ1) is 94.5. The molecule has 0 fully saturated rings. The zero-order valence-corrected chi connectivity index (χ0v) is 64.8. The van der Waals surface area contributed by atoms with Crippen LogP contribution in [0, 0.1) is 17.8 Å².